The van der Waals surface area contributed by atoms with E-state index in [9.17, 15) is 0 Å². The van der Waals surface area contributed by atoms with E-state index >= 15 is 0 Å². The Morgan fingerprint density at radius 1 is 1.30 bits per heavy atom. The van der Waals surface area contributed by atoms with Gasteiger partial charge in [0.15, 0.2) is 0 Å². The molecule has 0 amide bonds. The number of halogens is 1. The van der Waals surface area contributed by atoms with Gasteiger partial charge in [-0.1, -0.05) is 34.1 Å². The Morgan fingerprint density at radius 2 is 2.00 bits per heavy atom. The molecular formula is C8H7BrO. The van der Waals surface area contributed by atoms with E-state index in [1.807, 2.05) is 12.1 Å². The first-order valence-electron chi connectivity index (χ1n) is 2.89. The number of phenols is 1. The minimum absolute atomic E-state index is 0.304. The fraction of sp³-hybridized carbons (Fsp3) is 0. The van der Waals surface area contributed by atoms with Crippen molar-refractivity contribution in [3.05, 3.63) is 34.8 Å². The molecule has 2 heteroatoms. The molecule has 0 aromatic heterocycles. The van der Waals surface area contributed by atoms with Crippen LogP contribution in [-0.2, 0) is 0 Å². The van der Waals surface area contributed by atoms with Crippen LogP contribution >= 0.6 is 15.9 Å². The molecule has 10 heavy (non-hydrogen) atoms. The molecule has 0 saturated heterocycles. The average molecular weight is 199 g/mol. The summed E-state index contributed by atoms with van der Waals surface area (Å²) in [5, 5.41) is 9.17. The molecular weight excluding hydrogens is 192 g/mol. The van der Waals surface area contributed by atoms with Gasteiger partial charge in [-0.15, -0.1) is 0 Å². The number of benzene rings is 1. The van der Waals surface area contributed by atoms with Crippen molar-refractivity contribution in [1.29, 1.82) is 0 Å². The molecule has 1 nitrogen and oxygen atoms in total. The lowest BCUT2D eigenvalue weighted by Gasteiger charge is -1.94. The summed E-state index contributed by atoms with van der Waals surface area (Å²) >= 11 is 3.13. The topological polar surface area (TPSA) is 20.2 Å². The molecule has 1 aromatic rings. The Kier molecular flexibility index (Phi) is 2.51. The van der Waals surface area contributed by atoms with Crippen LogP contribution < -0.4 is 0 Å². The van der Waals surface area contributed by atoms with Gasteiger partial charge >= 0.3 is 0 Å². The normalized spacial score (nSPS) is 10.5. The zero-order chi connectivity index (χ0) is 7.40. The number of phenolic OH excluding ortho intramolecular Hbond substituents is 1. The van der Waals surface area contributed by atoms with Gasteiger partial charge in [0.25, 0.3) is 0 Å². The second kappa shape index (κ2) is 3.42. The summed E-state index contributed by atoms with van der Waals surface area (Å²) in [7, 11) is 0. The maximum atomic E-state index is 9.17. The Morgan fingerprint density at radius 3 is 2.60 bits per heavy atom. The Labute approximate surface area is 68.1 Å². The van der Waals surface area contributed by atoms with Crippen LogP contribution in [0.5, 0.6) is 5.75 Å². The summed E-state index contributed by atoms with van der Waals surface area (Å²) in [6, 6.07) is 7.17. The molecule has 0 saturated carbocycles. The van der Waals surface area contributed by atoms with Crippen LogP contribution in [-0.4, -0.2) is 5.11 Å². The minimum Gasteiger partial charge on any atom is -0.507 e. The number of para-hydroxylation sites is 1. The SMILES string of the molecule is Oc1ccccc1C=CBr. The molecule has 1 aromatic carbocycles. The fourth-order valence-corrected chi connectivity index (χ4v) is 0.981. The van der Waals surface area contributed by atoms with Gasteiger partial charge in [-0.05, 0) is 17.1 Å². The fourth-order valence-electron chi connectivity index (χ4n) is 0.696. The predicted octanol–water partition coefficient (Wildman–Crippen LogP) is 2.76. The smallest absolute Gasteiger partial charge is 0.122 e. The highest BCUT2D eigenvalue weighted by Crippen LogP contribution is 2.17. The Hall–Kier alpha value is -0.760. The van der Waals surface area contributed by atoms with Crippen LogP contribution in [0.15, 0.2) is 29.3 Å². The maximum Gasteiger partial charge on any atom is 0.122 e. The molecule has 0 aliphatic heterocycles. The minimum atomic E-state index is 0.304. The van der Waals surface area contributed by atoms with Crippen molar-refractivity contribution < 1.29 is 5.11 Å². The van der Waals surface area contributed by atoms with Crippen molar-refractivity contribution in [1.82, 2.24) is 0 Å². The zero-order valence-corrected chi connectivity index (χ0v) is 6.88. The van der Waals surface area contributed by atoms with Gasteiger partial charge in [-0.25, -0.2) is 0 Å². The van der Waals surface area contributed by atoms with Crippen LogP contribution in [0.2, 0.25) is 0 Å². The van der Waals surface area contributed by atoms with Crippen molar-refractivity contribution in [3.63, 3.8) is 0 Å². The highest BCUT2D eigenvalue weighted by Gasteiger charge is 1.91. The van der Waals surface area contributed by atoms with Crippen molar-refractivity contribution in [3.8, 4) is 5.75 Å². The quantitative estimate of drug-likeness (QED) is 0.737. The molecule has 52 valence electrons. The molecule has 0 fully saturated rings. The van der Waals surface area contributed by atoms with Crippen LogP contribution in [0, 0.1) is 0 Å². The van der Waals surface area contributed by atoms with Crippen LogP contribution in [0.1, 0.15) is 5.56 Å². The second-order valence-corrected chi connectivity index (χ2v) is 2.38. The van der Waals surface area contributed by atoms with E-state index in [2.05, 4.69) is 15.9 Å². The van der Waals surface area contributed by atoms with E-state index in [1.54, 1.807) is 23.2 Å². The van der Waals surface area contributed by atoms with Gasteiger partial charge in [-0.3, -0.25) is 0 Å². The summed E-state index contributed by atoms with van der Waals surface area (Å²) in [5.41, 5.74) is 0.819. The van der Waals surface area contributed by atoms with Gasteiger partial charge < -0.3 is 5.11 Å². The van der Waals surface area contributed by atoms with E-state index in [-0.39, 0.29) is 0 Å². The van der Waals surface area contributed by atoms with Crippen LogP contribution in [0.25, 0.3) is 6.08 Å². The molecule has 0 aliphatic carbocycles. The first-order valence-corrected chi connectivity index (χ1v) is 3.81. The number of hydrogen-bond donors (Lipinski definition) is 1. The Balaban J connectivity index is 3.03. The third-order valence-electron chi connectivity index (χ3n) is 1.18. The molecule has 1 N–H and O–H groups in total. The summed E-state index contributed by atoms with van der Waals surface area (Å²) < 4.78 is 0. The molecule has 0 unspecified atom stereocenters. The molecule has 0 heterocycles. The highest BCUT2D eigenvalue weighted by molar-refractivity contribution is 9.11. The van der Waals surface area contributed by atoms with Gasteiger partial charge in [0.1, 0.15) is 5.75 Å². The van der Waals surface area contributed by atoms with Crippen molar-refractivity contribution >= 4 is 22.0 Å². The average Bonchev–Trinajstić information content (AvgIpc) is 1.94. The summed E-state index contributed by atoms with van der Waals surface area (Å²) in [5.74, 6) is 0.304. The number of hydrogen-bond acceptors (Lipinski definition) is 1. The lowest BCUT2D eigenvalue weighted by molar-refractivity contribution is 0.474. The van der Waals surface area contributed by atoms with E-state index in [0.717, 1.165) is 5.56 Å². The third kappa shape index (κ3) is 1.61. The molecule has 1 rings (SSSR count). The predicted molar refractivity (Wildman–Crippen MR) is 46.1 cm³/mol. The lowest BCUT2D eigenvalue weighted by Crippen LogP contribution is -1.70. The largest absolute Gasteiger partial charge is 0.507 e. The van der Waals surface area contributed by atoms with Gasteiger partial charge in [0.05, 0.1) is 0 Å². The standard InChI is InChI=1S/C8H7BrO/c9-6-5-7-3-1-2-4-8(7)10/h1-6,10H. The first-order chi connectivity index (χ1) is 4.84. The summed E-state index contributed by atoms with van der Waals surface area (Å²) in [4.78, 5) is 1.71. The third-order valence-corrected chi connectivity index (χ3v) is 1.44. The highest BCUT2D eigenvalue weighted by atomic mass is 79.9. The van der Waals surface area contributed by atoms with Crippen molar-refractivity contribution in [2.45, 2.75) is 0 Å². The van der Waals surface area contributed by atoms with Gasteiger partial charge in [-0.2, -0.15) is 0 Å². The van der Waals surface area contributed by atoms with Crippen LogP contribution in [0.4, 0.5) is 0 Å². The molecule has 0 atom stereocenters. The van der Waals surface area contributed by atoms with Gasteiger partial charge in [0.2, 0.25) is 0 Å². The molecule has 0 aliphatic rings. The van der Waals surface area contributed by atoms with E-state index in [4.69, 9.17) is 5.11 Å². The Bertz CT molecular complexity index is 243. The maximum absolute atomic E-state index is 9.17. The van der Waals surface area contributed by atoms with E-state index in [0.29, 0.717) is 5.75 Å². The second-order valence-electron chi connectivity index (χ2n) is 1.85. The summed E-state index contributed by atoms with van der Waals surface area (Å²) in [6.07, 6.45) is 1.79. The van der Waals surface area contributed by atoms with E-state index < -0.39 is 0 Å². The zero-order valence-electron chi connectivity index (χ0n) is 5.29. The van der Waals surface area contributed by atoms with Gasteiger partial charge in [0, 0.05) is 5.56 Å². The van der Waals surface area contributed by atoms with E-state index in [1.165, 1.54) is 0 Å². The monoisotopic (exact) mass is 198 g/mol. The van der Waals surface area contributed by atoms with Crippen molar-refractivity contribution in [2.75, 3.05) is 0 Å². The summed E-state index contributed by atoms with van der Waals surface area (Å²) in [6.45, 7) is 0. The van der Waals surface area contributed by atoms with Crippen molar-refractivity contribution in [2.24, 2.45) is 0 Å². The lowest BCUT2D eigenvalue weighted by atomic mass is 10.2. The number of rotatable bonds is 1. The number of aromatic hydroxyl groups is 1. The molecule has 0 radical (unpaired) electrons. The molecule has 0 spiro atoms. The molecule has 0 bridgehead atoms. The van der Waals surface area contributed by atoms with Crippen LogP contribution in [0.3, 0.4) is 0 Å². The first kappa shape index (κ1) is 7.35.